The highest BCUT2D eigenvalue weighted by atomic mass is 16.4. The molecule has 1 aromatic heterocycles. The standard InChI is InChI=1S/C10H8N2O3/c13-9-5-4-6-7(11-9)2-1-3-8(6)12-10(14)15/h1-5,12H,(H,11,13)(H,14,15). The molecule has 0 atom stereocenters. The Balaban J connectivity index is 2.65. The monoisotopic (exact) mass is 204 g/mol. The predicted molar refractivity (Wildman–Crippen MR) is 56.2 cm³/mol. The van der Waals surface area contributed by atoms with Gasteiger partial charge in [-0.05, 0) is 18.2 Å². The molecular weight excluding hydrogens is 196 g/mol. The number of benzene rings is 1. The maximum Gasteiger partial charge on any atom is 0.409 e. The first-order valence-electron chi connectivity index (χ1n) is 4.29. The topological polar surface area (TPSA) is 82.2 Å². The summed E-state index contributed by atoms with van der Waals surface area (Å²) in [6, 6.07) is 7.96. The van der Waals surface area contributed by atoms with Crippen molar-refractivity contribution < 1.29 is 9.90 Å². The van der Waals surface area contributed by atoms with Crippen LogP contribution >= 0.6 is 0 Å². The van der Waals surface area contributed by atoms with E-state index in [9.17, 15) is 9.59 Å². The average molecular weight is 204 g/mol. The number of nitrogens with one attached hydrogen (secondary N) is 2. The molecule has 2 aromatic rings. The molecular formula is C10H8N2O3. The molecule has 0 saturated carbocycles. The largest absolute Gasteiger partial charge is 0.465 e. The number of aromatic nitrogens is 1. The van der Waals surface area contributed by atoms with Gasteiger partial charge in [0.2, 0.25) is 5.56 Å². The quantitative estimate of drug-likeness (QED) is 0.660. The first-order chi connectivity index (χ1) is 7.16. The fraction of sp³-hybridized carbons (Fsp3) is 0. The van der Waals surface area contributed by atoms with Gasteiger partial charge < -0.3 is 10.1 Å². The number of carboxylic acid groups (broad SMARTS) is 1. The Hall–Kier alpha value is -2.30. The van der Waals surface area contributed by atoms with Crippen molar-refractivity contribution in [1.29, 1.82) is 0 Å². The Bertz CT molecular complexity index is 574. The molecule has 0 aliphatic heterocycles. The third-order valence-electron chi connectivity index (χ3n) is 2.01. The van der Waals surface area contributed by atoms with Crippen molar-refractivity contribution in [2.24, 2.45) is 0 Å². The minimum absolute atomic E-state index is 0.213. The molecule has 2 rings (SSSR count). The van der Waals surface area contributed by atoms with Crippen LogP contribution in [0.5, 0.6) is 0 Å². The second-order valence-corrected chi connectivity index (χ2v) is 3.02. The molecule has 3 N–H and O–H groups in total. The number of pyridine rings is 1. The molecule has 0 aliphatic rings. The van der Waals surface area contributed by atoms with E-state index in [1.54, 1.807) is 24.3 Å². The molecule has 0 radical (unpaired) electrons. The van der Waals surface area contributed by atoms with E-state index in [1.165, 1.54) is 6.07 Å². The number of rotatable bonds is 1. The van der Waals surface area contributed by atoms with Crippen LogP contribution in [0.15, 0.2) is 35.1 Å². The maximum absolute atomic E-state index is 11.0. The number of carbonyl (C=O) groups is 1. The predicted octanol–water partition coefficient (Wildman–Crippen LogP) is 1.62. The van der Waals surface area contributed by atoms with E-state index in [0.29, 0.717) is 16.6 Å². The van der Waals surface area contributed by atoms with Crippen LogP contribution in [0.4, 0.5) is 10.5 Å². The Kier molecular flexibility index (Phi) is 2.13. The van der Waals surface area contributed by atoms with E-state index in [2.05, 4.69) is 10.3 Å². The highest BCUT2D eigenvalue weighted by molar-refractivity contribution is 5.97. The van der Waals surface area contributed by atoms with E-state index in [1.807, 2.05) is 0 Å². The minimum atomic E-state index is -1.13. The third-order valence-corrected chi connectivity index (χ3v) is 2.01. The molecule has 1 amide bonds. The van der Waals surface area contributed by atoms with Crippen LogP contribution in [-0.4, -0.2) is 16.2 Å². The second kappa shape index (κ2) is 3.45. The van der Waals surface area contributed by atoms with Crippen molar-refractivity contribution in [3.05, 3.63) is 40.7 Å². The molecule has 0 saturated heterocycles. The van der Waals surface area contributed by atoms with Crippen LogP contribution in [0.25, 0.3) is 10.9 Å². The van der Waals surface area contributed by atoms with Crippen molar-refractivity contribution in [2.45, 2.75) is 0 Å². The van der Waals surface area contributed by atoms with Gasteiger partial charge in [0.15, 0.2) is 0 Å². The summed E-state index contributed by atoms with van der Waals surface area (Å²) in [5, 5.41) is 11.5. The first kappa shape index (κ1) is 9.26. The molecule has 1 aromatic carbocycles. The first-order valence-corrected chi connectivity index (χ1v) is 4.29. The summed E-state index contributed by atoms with van der Waals surface area (Å²) in [5.41, 5.74) is 0.847. The normalized spacial score (nSPS) is 10.1. The summed E-state index contributed by atoms with van der Waals surface area (Å²) >= 11 is 0. The van der Waals surface area contributed by atoms with Gasteiger partial charge in [0.25, 0.3) is 0 Å². The van der Waals surface area contributed by atoms with Gasteiger partial charge in [-0.1, -0.05) is 6.07 Å². The van der Waals surface area contributed by atoms with E-state index in [4.69, 9.17) is 5.11 Å². The van der Waals surface area contributed by atoms with Crippen LogP contribution < -0.4 is 10.9 Å². The van der Waals surface area contributed by atoms with E-state index < -0.39 is 6.09 Å². The second-order valence-electron chi connectivity index (χ2n) is 3.02. The Labute approximate surface area is 84.4 Å². The van der Waals surface area contributed by atoms with Gasteiger partial charge in [-0.3, -0.25) is 10.1 Å². The molecule has 1 heterocycles. The highest BCUT2D eigenvalue weighted by Gasteiger charge is 2.03. The van der Waals surface area contributed by atoms with Crippen molar-refractivity contribution in [1.82, 2.24) is 4.98 Å². The van der Waals surface area contributed by atoms with Crippen LogP contribution in [0, 0.1) is 0 Å². The SMILES string of the molecule is O=C(O)Nc1cccc2[nH]c(=O)ccc12. The van der Waals surface area contributed by atoms with Crippen LogP contribution in [0.2, 0.25) is 0 Å². The third kappa shape index (κ3) is 1.80. The summed E-state index contributed by atoms with van der Waals surface area (Å²) in [7, 11) is 0. The lowest BCUT2D eigenvalue weighted by atomic mass is 10.2. The molecule has 76 valence electrons. The number of anilines is 1. The zero-order valence-corrected chi connectivity index (χ0v) is 7.65. The van der Waals surface area contributed by atoms with Gasteiger partial charge >= 0.3 is 6.09 Å². The molecule has 0 fully saturated rings. The molecule has 0 bridgehead atoms. The number of hydrogen-bond acceptors (Lipinski definition) is 2. The number of hydrogen-bond donors (Lipinski definition) is 3. The maximum atomic E-state index is 11.0. The van der Waals surface area contributed by atoms with Crippen molar-refractivity contribution >= 4 is 22.7 Å². The van der Waals surface area contributed by atoms with E-state index in [-0.39, 0.29) is 5.56 Å². The number of aromatic amines is 1. The fourth-order valence-electron chi connectivity index (χ4n) is 1.41. The average Bonchev–Trinajstić information content (AvgIpc) is 2.16. The zero-order valence-electron chi connectivity index (χ0n) is 7.65. The van der Waals surface area contributed by atoms with Crippen LogP contribution in [0.3, 0.4) is 0 Å². The zero-order chi connectivity index (χ0) is 10.8. The summed E-state index contributed by atoms with van der Waals surface area (Å²) < 4.78 is 0. The summed E-state index contributed by atoms with van der Waals surface area (Å²) in [6.45, 7) is 0. The lowest BCUT2D eigenvalue weighted by molar-refractivity contribution is 0.210. The van der Waals surface area contributed by atoms with Crippen molar-refractivity contribution in [2.75, 3.05) is 5.32 Å². The summed E-state index contributed by atoms with van der Waals surface area (Å²) in [4.78, 5) is 24.1. The lowest BCUT2D eigenvalue weighted by Gasteiger charge is -2.04. The molecule has 5 nitrogen and oxygen atoms in total. The van der Waals surface area contributed by atoms with E-state index >= 15 is 0 Å². The van der Waals surface area contributed by atoms with Gasteiger partial charge in [0.05, 0.1) is 11.2 Å². The van der Waals surface area contributed by atoms with Gasteiger partial charge in [0, 0.05) is 11.5 Å². The summed E-state index contributed by atoms with van der Waals surface area (Å²) in [6.07, 6.45) is -1.13. The Morgan fingerprint density at radius 3 is 2.80 bits per heavy atom. The number of amides is 1. The van der Waals surface area contributed by atoms with Crippen LogP contribution in [0.1, 0.15) is 0 Å². The minimum Gasteiger partial charge on any atom is -0.465 e. The molecule has 0 spiro atoms. The van der Waals surface area contributed by atoms with Gasteiger partial charge in [-0.25, -0.2) is 4.79 Å². The number of H-pyrrole nitrogens is 1. The smallest absolute Gasteiger partial charge is 0.409 e. The molecule has 0 unspecified atom stereocenters. The van der Waals surface area contributed by atoms with Gasteiger partial charge in [-0.2, -0.15) is 0 Å². The Morgan fingerprint density at radius 1 is 1.27 bits per heavy atom. The van der Waals surface area contributed by atoms with Crippen molar-refractivity contribution in [3.8, 4) is 0 Å². The summed E-state index contributed by atoms with van der Waals surface area (Å²) in [5.74, 6) is 0. The van der Waals surface area contributed by atoms with Gasteiger partial charge in [-0.15, -0.1) is 0 Å². The lowest BCUT2D eigenvalue weighted by Crippen LogP contribution is -2.09. The molecule has 0 aliphatic carbocycles. The van der Waals surface area contributed by atoms with Crippen molar-refractivity contribution in [3.63, 3.8) is 0 Å². The number of fused-ring (bicyclic) bond motifs is 1. The van der Waals surface area contributed by atoms with Gasteiger partial charge in [0.1, 0.15) is 0 Å². The highest BCUT2D eigenvalue weighted by Crippen LogP contribution is 2.19. The fourth-order valence-corrected chi connectivity index (χ4v) is 1.41. The Morgan fingerprint density at radius 2 is 2.07 bits per heavy atom. The van der Waals surface area contributed by atoms with Crippen LogP contribution in [-0.2, 0) is 0 Å². The molecule has 5 heteroatoms. The molecule has 15 heavy (non-hydrogen) atoms. The van der Waals surface area contributed by atoms with E-state index in [0.717, 1.165) is 0 Å².